The summed E-state index contributed by atoms with van der Waals surface area (Å²) in [6, 6.07) is 17.7. The maximum Gasteiger partial charge on any atom is 0.416 e. The van der Waals surface area contributed by atoms with Crippen molar-refractivity contribution in [2.45, 2.75) is 88.8 Å². The molecule has 0 aliphatic heterocycles. The number of carbonyl (C=O) groups is 2. The van der Waals surface area contributed by atoms with E-state index in [9.17, 15) is 82.1 Å². The fraction of sp³-hybridized carbons (Fsp3) is 0.360. The molecule has 6 aromatic heterocycles. The Bertz CT molecular complexity index is 3570. The number of aliphatic hydroxyl groups excluding tert-OH is 2. The van der Waals surface area contributed by atoms with Gasteiger partial charge in [0.15, 0.2) is 47.1 Å². The quantitative estimate of drug-likeness (QED) is 0.0805. The van der Waals surface area contributed by atoms with E-state index in [1.165, 1.54) is 107 Å². The number of rotatable bonds is 18. The van der Waals surface area contributed by atoms with Crippen LogP contribution in [0.3, 0.4) is 0 Å². The van der Waals surface area contributed by atoms with Crippen molar-refractivity contribution in [2.75, 3.05) is 0 Å². The van der Waals surface area contributed by atoms with Crippen molar-refractivity contribution >= 4 is 34.8 Å². The summed E-state index contributed by atoms with van der Waals surface area (Å²) < 4.78 is 161. The number of hydrogen-bond acceptors (Lipinski definition) is 14. The Balaban J connectivity index is 0.000000202. The lowest BCUT2D eigenvalue weighted by Crippen LogP contribution is -2.37. The number of aliphatic hydroxyl groups is 2. The molecule has 10 rings (SSSR count). The van der Waals surface area contributed by atoms with E-state index in [1.807, 2.05) is 0 Å². The monoisotopic (exact) mass is 1230 g/mol. The minimum atomic E-state index is -4.99. The van der Waals surface area contributed by atoms with E-state index in [0.717, 1.165) is 9.36 Å². The van der Waals surface area contributed by atoms with Crippen molar-refractivity contribution in [1.29, 1.82) is 0 Å². The highest BCUT2D eigenvalue weighted by Crippen LogP contribution is 2.52. The third-order valence-electron chi connectivity index (χ3n) is 13.3. The highest BCUT2D eigenvalue weighted by molar-refractivity contribution is 6.30. The Morgan fingerprint density at radius 1 is 0.536 bits per heavy atom. The van der Waals surface area contributed by atoms with Crippen LogP contribution in [0.2, 0.25) is 10.0 Å². The Morgan fingerprint density at radius 2 is 0.893 bits per heavy atom. The van der Waals surface area contributed by atoms with E-state index >= 15 is 0 Å². The summed E-state index contributed by atoms with van der Waals surface area (Å²) in [5.74, 6) is -6.81. The van der Waals surface area contributed by atoms with Crippen LogP contribution in [-0.4, -0.2) is 127 Å². The van der Waals surface area contributed by atoms with Gasteiger partial charge in [-0.25, -0.2) is 48.3 Å². The van der Waals surface area contributed by atoms with Gasteiger partial charge in [0.05, 0.1) is 24.9 Å². The lowest BCUT2D eigenvalue weighted by atomic mass is 10.1. The summed E-state index contributed by atoms with van der Waals surface area (Å²) in [6.07, 6.45) is -20.5. The van der Waals surface area contributed by atoms with Crippen LogP contribution in [0, 0.1) is 23.7 Å². The number of carbonyl (C=O) groups excluding carboxylic acids is 2. The molecule has 0 bridgehead atoms. The van der Waals surface area contributed by atoms with Gasteiger partial charge in [-0.2, -0.15) is 52.7 Å². The molecule has 0 amide bonds. The molecular weight excluding hydrogens is 1190 g/mol. The third kappa shape index (κ3) is 13.9. The van der Waals surface area contributed by atoms with Gasteiger partial charge in [0.2, 0.25) is 0 Å². The molecule has 1 unspecified atom stereocenters. The summed E-state index contributed by atoms with van der Waals surface area (Å²) in [6.45, 7) is -3.02. The molecule has 20 nitrogen and oxygen atoms in total. The van der Waals surface area contributed by atoms with Crippen molar-refractivity contribution in [3.8, 4) is 34.4 Å². The van der Waals surface area contributed by atoms with Crippen molar-refractivity contribution in [3.05, 3.63) is 152 Å². The van der Waals surface area contributed by atoms with Gasteiger partial charge >= 0.3 is 36.1 Å². The first-order valence-corrected chi connectivity index (χ1v) is 25.4. The van der Waals surface area contributed by atoms with Gasteiger partial charge in [-0.05, 0) is 73.5 Å². The van der Waals surface area contributed by atoms with Gasteiger partial charge in [0, 0.05) is 69.4 Å². The van der Waals surface area contributed by atoms with E-state index in [4.69, 9.17) is 23.2 Å². The molecular formula is C50H40Cl2F12N14O6. The highest BCUT2D eigenvalue weighted by atomic mass is 35.5. The molecule has 444 valence electrons. The number of ketones is 2. The molecule has 34 heteroatoms. The number of aromatic nitrogens is 14. The Labute approximate surface area is 472 Å². The fourth-order valence-electron chi connectivity index (χ4n) is 8.82. The van der Waals surface area contributed by atoms with Crippen LogP contribution < -0.4 is 11.4 Å². The van der Waals surface area contributed by atoms with Crippen molar-refractivity contribution in [3.63, 3.8) is 0 Å². The zero-order valence-electron chi connectivity index (χ0n) is 42.4. The first-order chi connectivity index (χ1) is 39.4. The van der Waals surface area contributed by atoms with E-state index in [0.29, 0.717) is 30.3 Å². The lowest BCUT2D eigenvalue weighted by Gasteiger charge is -2.15. The smallest absolute Gasteiger partial charge is 0.382 e. The molecule has 8 aromatic rings. The lowest BCUT2D eigenvalue weighted by molar-refractivity contribution is -0.207. The maximum atomic E-state index is 13.1. The number of halogens is 14. The van der Waals surface area contributed by atoms with Gasteiger partial charge in [0.1, 0.15) is 37.3 Å². The predicted molar refractivity (Wildman–Crippen MR) is 267 cm³/mol. The first-order valence-electron chi connectivity index (χ1n) is 24.7. The average molecular weight is 1230 g/mol. The number of benzene rings is 2. The summed E-state index contributed by atoms with van der Waals surface area (Å²) in [5.41, 5.74) is -0.831. The molecule has 6 heterocycles. The molecule has 2 N–H and O–H groups in total. The molecule has 0 saturated heterocycles. The molecule has 0 radical (unpaired) electrons. The van der Waals surface area contributed by atoms with Gasteiger partial charge in [0.25, 0.3) is 0 Å². The molecule has 2 fully saturated rings. The van der Waals surface area contributed by atoms with Gasteiger partial charge in [-0.1, -0.05) is 35.3 Å². The average Bonchev–Trinajstić information content (AvgIpc) is 2.05. The summed E-state index contributed by atoms with van der Waals surface area (Å²) >= 11 is 11.8. The van der Waals surface area contributed by atoms with Crippen LogP contribution in [0.5, 0.6) is 0 Å². The zero-order chi connectivity index (χ0) is 60.8. The number of hydrogen-bond donors (Lipinski definition) is 2. The predicted octanol–water partition coefficient (Wildman–Crippen LogP) is 7.24. The maximum absolute atomic E-state index is 13.1. The van der Waals surface area contributed by atoms with Crippen LogP contribution in [0.4, 0.5) is 52.7 Å². The second kappa shape index (κ2) is 23.5. The van der Waals surface area contributed by atoms with Gasteiger partial charge in [-0.3, -0.25) is 18.7 Å². The number of pyridine rings is 2. The minimum Gasteiger partial charge on any atom is -0.382 e. The topological polar surface area (TPSA) is 241 Å². The zero-order valence-corrected chi connectivity index (χ0v) is 44.0. The van der Waals surface area contributed by atoms with Crippen LogP contribution in [0.1, 0.15) is 35.6 Å². The molecule has 2 aliphatic carbocycles. The molecule has 0 spiro atoms. The highest BCUT2D eigenvalue weighted by Gasteiger charge is 2.59. The largest absolute Gasteiger partial charge is 0.416 e. The second-order valence-corrected chi connectivity index (χ2v) is 20.2. The van der Waals surface area contributed by atoms with Crippen molar-refractivity contribution in [2.24, 2.45) is 23.7 Å². The molecule has 2 aromatic carbocycles. The fourth-order valence-corrected chi connectivity index (χ4v) is 9.07. The Morgan fingerprint density at radius 3 is 1.21 bits per heavy atom. The van der Waals surface area contributed by atoms with Crippen LogP contribution >= 0.6 is 23.2 Å². The Kier molecular flexibility index (Phi) is 16.9. The summed E-state index contributed by atoms with van der Waals surface area (Å²) in [5, 5.41) is 36.6. The number of nitrogens with zero attached hydrogens (tertiary/aromatic N) is 14. The van der Waals surface area contributed by atoms with Gasteiger partial charge < -0.3 is 10.2 Å². The molecule has 6 atom stereocenters. The number of alkyl halides is 12. The van der Waals surface area contributed by atoms with Crippen LogP contribution in [0.25, 0.3) is 34.4 Å². The normalized spacial score (nSPS) is 17.8. The molecule has 84 heavy (non-hydrogen) atoms. The van der Waals surface area contributed by atoms with E-state index in [2.05, 4.69) is 40.3 Å². The summed E-state index contributed by atoms with van der Waals surface area (Å²) in [4.78, 5) is 67.6. The van der Waals surface area contributed by atoms with Crippen molar-refractivity contribution < 1.29 is 72.5 Å². The first kappa shape index (κ1) is 60.5. The van der Waals surface area contributed by atoms with Crippen LogP contribution in [0.15, 0.2) is 107 Å². The Hall–Kier alpha value is -8.10. The molecule has 2 aliphatic rings. The SMILES string of the molecule is O=C(Cc1cccnc1-n1cnc(Cn2nc(-c3ccc(Cl)cc3)n(C[C@H](O)C(F)(F)F)c2=O)n1)[C@@H]1C[C@@H]1C(F)(F)F.O=C(Cc1cccnc1-n1cnc(Cn2nc(-c3ccc(Cl)cc3)n(C[C@H](O)C(F)(F)F)c2=O)n1)[C@H]1CC1C(F)(F)F. The molecule has 2 saturated carbocycles. The van der Waals surface area contributed by atoms with Gasteiger partial charge in [-0.15, -0.1) is 20.4 Å². The van der Waals surface area contributed by atoms with E-state index in [1.54, 1.807) is 0 Å². The summed E-state index contributed by atoms with van der Waals surface area (Å²) in [7, 11) is 0. The van der Waals surface area contributed by atoms with E-state index in [-0.39, 0.29) is 71.7 Å². The number of Topliss-reactive ketones (excluding diaryl/α,β-unsaturated/α-hetero) is 2. The second-order valence-electron chi connectivity index (χ2n) is 19.3. The van der Waals surface area contributed by atoms with Crippen molar-refractivity contribution in [1.82, 2.24) is 68.2 Å². The standard InChI is InChI=1S/2C25H20ClF6N7O3/c2*26-15-5-3-13(4-6-15)22-36-38(23(42)37(22)10-19(41)25(30,31)32)11-20-34-12-39(35-20)21-14(2-1-7-33-21)8-18(40)16-9-17(16)24(27,28)29/h2*1-7,12,16-17,19,41H,8-11H2/t16-,17?,19-;16-,17+,19+/m01/s1. The third-order valence-corrected chi connectivity index (χ3v) is 13.8. The minimum absolute atomic E-state index is 0.0111. The van der Waals surface area contributed by atoms with E-state index < -0.39 is 110 Å². The van der Waals surface area contributed by atoms with Crippen LogP contribution in [-0.2, 0) is 48.6 Å².